The predicted octanol–water partition coefficient (Wildman–Crippen LogP) is 14.8. The van der Waals surface area contributed by atoms with Crippen molar-refractivity contribution in [2.24, 2.45) is 0 Å². The van der Waals surface area contributed by atoms with Crippen molar-refractivity contribution in [1.82, 2.24) is 0 Å². The first-order valence-corrected chi connectivity index (χ1v) is 23.5. The molecule has 0 atom stereocenters. The Hall–Kier alpha value is 1.82. The van der Waals surface area contributed by atoms with E-state index in [-0.39, 0.29) is 0 Å². The first kappa shape index (κ1) is 38.8. The molecule has 0 aliphatic heterocycles. The molecule has 0 amide bonds. The summed E-state index contributed by atoms with van der Waals surface area (Å²) in [6.45, 7) is 0. The van der Waals surface area contributed by atoms with Crippen LogP contribution in [-0.4, -0.2) is 10.4 Å². The van der Waals surface area contributed by atoms with Crippen LogP contribution in [0.2, 0.25) is 6.04 Å². The van der Waals surface area contributed by atoms with Gasteiger partial charge in [0.05, 0.1) is 0 Å². The molecular weight excluding hydrogens is 646 g/mol. The fraction of sp³-hybridized carbons (Fsp3) is 1.00. The highest BCUT2D eigenvalue weighted by atomic mass is 127. The quantitative estimate of drug-likeness (QED) is 0.0214. The van der Waals surface area contributed by atoms with E-state index in [4.69, 9.17) is 33.2 Å². The number of unbranched alkanes of at least 4 members (excludes halogenated alkanes) is 29. The van der Waals surface area contributed by atoms with E-state index in [0.717, 1.165) is 12.5 Å². The molecule has 0 aromatic heterocycles. The number of rotatable bonds is 32. The van der Waals surface area contributed by atoms with Gasteiger partial charge in [-0.05, 0) is 16.9 Å². The summed E-state index contributed by atoms with van der Waals surface area (Å²) >= 11 is 20.3. The molecule has 0 bridgehead atoms. The van der Waals surface area contributed by atoms with Crippen molar-refractivity contribution in [1.29, 1.82) is 0 Å². The average Bonchev–Trinajstić information content (AvgIpc) is 2.86. The summed E-state index contributed by atoms with van der Waals surface area (Å²) in [5.74, 6) is 0. The van der Waals surface area contributed by atoms with E-state index in [1.165, 1.54) is 191 Å². The van der Waals surface area contributed by atoms with Gasteiger partial charge >= 0.3 is 6.00 Å². The van der Waals surface area contributed by atoms with E-state index >= 15 is 0 Å². The number of alkyl halides is 1. The van der Waals surface area contributed by atoms with Crippen molar-refractivity contribution in [2.45, 2.75) is 199 Å². The lowest BCUT2D eigenvalue weighted by molar-refractivity contribution is 0.513. The maximum absolute atomic E-state index is 5.92. The lowest BCUT2D eigenvalue weighted by Crippen LogP contribution is -2.07. The largest absolute Gasteiger partial charge is 0.341 e. The molecule has 0 heterocycles. The second kappa shape index (κ2) is 32.3. The zero-order valence-corrected chi connectivity index (χ0v) is 30.1. The van der Waals surface area contributed by atoms with Crippen molar-refractivity contribution >= 4 is 61.8 Å². The minimum absolute atomic E-state index is 0.830. The molecule has 5 heteroatoms. The Labute approximate surface area is 263 Å². The molecule has 0 N–H and O–H groups in total. The van der Waals surface area contributed by atoms with Gasteiger partial charge in [0, 0.05) is 0 Å². The average molecular weight is 710 g/mol. The molecule has 224 valence electrons. The molecule has 0 unspecified atom stereocenters. The highest BCUT2D eigenvalue weighted by Crippen LogP contribution is 2.27. The van der Waals surface area contributed by atoms with Gasteiger partial charge in [-0.15, -0.1) is 33.2 Å². The van der Waals surface area contributed by atoms with Gasteiger partial charge in [0.1, 0.15) is 0 Å². The van der Waals surface area contributed by atoms with Crippen LogP contribution in [0.1, 0.15) is 193 Å². The minimum Gasteiger partial charge on any atom is -0.126 e. The van der Waals surface area contributed by atoms with Gasteiger partial charge in [0.2, 0.25) is 0 Å². The molecule has 37 heavy (non-hydrogen) atoms. The van der Waals surface area contributed by atoms with E-state index in [2.05, 4.69) is 22.6 Å². The van der Waals surface area contributed by atoms with Gasteiger partial charge in [-0.2, -0.15) is 0 Å². The predicted molar refractivity (Wildman–Crippen MR) is 186 cm³/mol. The van der Waals surface area contributed by atoms with Crippen LogP contribution < -0.4 is 0 Å². The normalized spacial score (nSPS) is 12.0. The summed E-state index contributed by atoms with van der Waals surface area (Å²) in [6, 6.07) is -1.53. The van der Waals surface area contributed by atoms with Gasteiger partial charge in [-0.1, -0.05) is 209 Å². The van der Waals surface area contributed by atoms with Crippen LogP contribution in [0.15, 0.2) is 0 Å². The third-order valence-corrected chi connectivity index (χ3v) is 11.2. The van der Waals surface area contributed by atoms with Crippen molar-refractivity contribution < 1.29 is 0 Å². The lowest BCUT2D eigenvalue weighted by atomic mass is 10.0. The molecule has 0 saturated heterocycles. The Balaban J connectivity index is 3.04. The van der Waals surface area contributed by atoms with Gasteiger partial charge in [-0.25, -0.2) is 0 Å². The SMILES string of the molecule is Cl[Si](Cl)(Cl)CCCCCCCCCCCCCCCCCCCCCCCCCCCCCCCCI. The highest BCUT2D eigenvalue weighted by molar-refractivity contribution is 14.1. The summed E-state index contributed by atoms with van der Waals surface area (Å²) in [4.78, 5) is 0. The summed E-state index contributed by atoms with van der Waals surface area (Å²) in [7, 11) is 0. The second-order valence-corrected chi connectivity index (χ2v) is 22.0. The second-order valence-electron chi connectivity index (χ2n) is 11.7. The molecule has 0 radical (unpaired) electrons. The summed E-state index contributed by atoms with van der Waals surface area (Å²) in [5, 5.41) is 0. The van der Waals surface area contributed by atoms with Gasteiger partial charge in [0.25, 0.3) is 0 Å². The summed E-state index contributed by atoms with van der Waals surface area (Å²) in [6.07, 6.45) is 43.1. The van der Waals surface area contributed by atoms with E-state index in [1.54, 1.807) is 0 Å². The van der Waals surface area contributed by atoms with Crippen LogP contribution in [0.5, 0.6) is 0 Å². The zero-order valence-electron chi connectivity index (χ0n) is 24.6. The fourth-order valence-electron chi connectivity index (χ4n) is 5.37. The molecule has 0 spiro atoms. The van der Waals surface area contributed by atoms with Gasteiger partial charge in [-0.3, -0.25) is 0 Å². The Kier molecular flexibility index (Phi) is 33.9. The molecular formula is C32H64Cl3ISi. The van der Waals surface area contributed by atoms with Crippen LogP contribution in [0.3, 0.4) is 0 Å². The van der Waals surface area contributed by atoms with Gasteiger partial charge in [0.15, 0.2) is 0 Å². The first-order chi connectivity index (χ1) is 18.1. The molecule has 0 nitrogen and oxygen atoms in total. The molecule has 0 fully saturated rings. The minimum atomic E-state index is -2.36. The molecule has 0 aromatic carbocycles. The third-order valence-electron chi connectivity index (χ3n) is 7.84. The maximum Gasteiger partial charge on any atom is 0.341 e. The number of halogens is 4. The summed E-state index contributed by atoms with van der Waals surface area (Å²) < 4.78 is 1.34. The topological polar surface area (TPSA) is 0 Å². The molecule has 0 aliphatic carbocycles. The van der Waals surface area contributed by atoms with Crippen LogP contribution >= 0.6 is 55.8 Å². The third kappa shape index (κ3) is 37.8. The van der Waals surface area contributed by atoms with Crippen LogP contribution in [-0.2, 0) is 0 Å². The molecule has 0 saturated carbocycles. The Morgan fingerprint density at radius 2 is 0.432 bits per heavy atom. The molecule has 0 rings (SSSR count). The Bertz CT molecular complexity index is 417. The van der Waals surface area contributed by atoms with Crippen molar-refractivity contribution in [3.63, 3.8) is 0 Å². The first-order valence-electron chi connectivity index (χ1n) is 16.7. The van der Waals surface area contributed by atoms with Crippen LogP contribution in [0.25, 0.3) is 0 Å². The zero-order chi connectivity index (χ0) is 27.1. The van der Waals surface area contributed by atoms with E-state index in [9.17, 15) is 0 Å². The van der Waals surface area contributed by atoms with Crippen molar-refractivity contribution in [2.75, 3.05) is 4.43 Å². The smallest absolute Gasteiger partial charge is 0.126 e. The van der Waals surface area contributed by atoms with E-state index in [0.29, 0.717) is 0 Å². The van der Waals surface area contributed by atoms with Crippen LogP contribution in [0, 0.1) is 0 Å². The fourth-order valence-corrected chi connectivity index (χ4v) is 7.76. The Morgan fingerprint density at radius 1 is 0.270 bits per heavy atom. The van der Waals surface area contributed by atoms with Crippen LogP contribution in [0.4, 0.5) is 0 Å². The summed E-state index contributed by atoms with van der Waals surface area (Å²) in [5.41, 5.74) is 0. The van der Waals surface area contributed by atoms with Crippen molar-refractivity contribution in [3.05, 3.63) is 0 Å². The number of hydrogen-bond acceptors (Lipinski definition) is 0. The number of hydrogen-bond donors (Lipinski definition) is 0. The molecule has 0 aliphatic rings. The highest BCUT2D eigenvalue weighted by Gasteiger charge is 2.23. The standard InChI is InChI=1S/C32H64Cl3ISi/c33-37(34,35)32-30-28-26-24-22-20-18-16-14-12-10-8-6-4-2-1-3-5-7-9-11-13-15-17-19-21-23-25-27-29-31-36/h1-32H2. The van der Waals surface area contributed by atoms with E-state index in [1.807, 2.05) is 0 Å². The molecule has 0 aromatic rings. The van der Waals surface area contributed by atoms with Crippen molar-refractivity contribution in [3.8, 4) is 0 Å². The van der Waals surface area contributed by atoms with Gasteiger partial charge < -0.3 is 0 Å². The Morgan fingerprint density at radius 3 is 0.595 bits per heavy atom. The lowest BCUT2D eigenvalue weighted by Gasteiger charge is -2.07. The monoisotopic (exact) mass is 708 g/mol. The maximum atomic E-state index is 5.92. The van der Waals surface area contributed by atoms with E-state index < -0.39 is 6.00 Å².